The molecule has 1 aromatic carbocycles. The number of hydrogen-bond donors (Lipinski definition) is 2. The zero-order valence-corrected chi connectivity index (χ0v) is 15.0. The first-order valence-corrected chi connectivity index (χ1v) is 8.37. The Balaban J connectivity index is 2.30. The van der Waals surface area contributed by atoms with Crippen molar-refractivity contribution in [3.8, 4) is 5.75 Å². The second kappa shape index (κ2) is 11.1. The van der Waals surface area contributed by atoms with Crippen LogP contribution in [0.15, 0.2) is 24.3 Å². The second-order valence-electron chi connectivity index (χ2n) is 5.45. The van der Waals surface area contributed by atoms with Crippen molar-refractivity contribution in [2.75, 3.05) is 20.3 Å². The van der Waals surface area contributed by atoms with Crippen LogP contribution in [0.2, 0.25) is 0 Å². The van der Waals surface area contributed by atoms with Crippen molar-refractivity contribution in [2.24, 2.45) is 0 Å². The molecule has 0 radical (unpaired) electrons. The van der Waals surface area contributed by atoms with Crippen molar-refractivity contribution in [3.05, 3.63) is 29.8 Å². The number of carbonyl (C=O) groups excluding carboxylic acids is 3. The van der Waals surface area contributed by atoms with Gasteiger partial charge in [-0.05, 0) is 25.0 Å². The smallest absolute Gasteiger partial charge is 0.308 e. The Labute approximate surface area is 148 Å². The van der Waals surface area contributed by atoms with Gasteiger partial charge in [-0.3, -0.25) is 14.4 Å². The number of esters is 1. The molecule has 7 nitrogen and oxygen atoms in total. The van der Waals surface area contributed by atoms with Crippen LogP contribution in [-0.4, -0.2) is 44.1 Å². The third kappa shape index (κ3) is 7.24. The third-order valence-electron chi connectivity index (χ3n) is 3.68. The first-order chi connectivity index (χ1) is 12.0. The van der Waals surface area contributed by atoms with Crippen LogP contribution < -0.4 is 15.4 Å². The predicted molar refractivity (Wildman–Crippen MR) is 93.4 cm³/mol. The summed E-state index contributed by atoms with van der Waals surface area (Å²) in [4.78, 5) is 35.3. The van der Waals surface area contributed by atoms with E-state index >= 15 is 0 Å². The molecule has 138 valence electrons. The van der Waals surface area contributed by atoms with Crippen LogP contribution in [-0.2, 0) is 14.3 Å². The lowest BCUT2D eigenvalue weighted by atomic mass is 10.2. The summed E-state index contributed by atoms with van der Waals surface area (Å²) in [6.07, 6.45) is 1.63. The Morgan fingerprint density at radius 2 is 1.80 bits per heavy atom. The Bertz CT molecular complexity index is 585. The Hall–Kier alpha value is -2.57. The number of benzene rings is 1. The van der Waals surface area contributed by atoms with Crippen molar-refractivity contribution >= 4 is 17.8 Å². The van der Waals surface area contributed by atoms with Crippen LogP contribution in [0, 0.1) is 0 Å². The van der Waals surface area contributed by atoms with Gasteiger partial charge in [0.15, 0.2) is 6.61 Å². The molecule has 0 aliphatic heterocycles. The summed E-state index contributed by atoms with van der Waals surface area (Å²) < 4.78 is 10.0. The average Bonchev–Trinajstić information content (AvgIpc) is 2.64. The number of methoxy groups -OCH3 is 1. The van der Waals surface area contributed by atoms with Gasteiger partial charge in [0, 0.05) is 12.6 Å². The number of carbonyl (C=O) groups is 3. The van der Waals surface area contributed by atoms with Gasteiger partial charge in [-0.1, -0.05) is 26.0 Å². The molecule has 2 amide bonds. The highest BCUT2D eigenvalue weighted by Gasteiger charge is 2.13. The highest BCUT2D eigenvalue weighted by atomic mass is 16.5. The van der Waals surface area contributed by atoms with Crippen LogP contribution in [0.4, 0.5) is 0 Å². The molecule has 0 heterocycles. The number of para-hydroxylation sites is 1. The molecule has 0 fully saturated rings. The minimum absolute atomic E-state index is 0.0147. The van der Waals surface area contributed by atoms with Gasteiger partial charge in [-0.15, -0.1) is 0 Å². The molecule has 1 rings (SSSR count). The van der Waals surface area contributed by atoms with E-state index in [0.717, 1.165) is 12.8 Å². The normalized spacial score (nSPS) is 10.2. The lowest BCUT2D eigenvalue weighted by molar-refractivity contribution is -0.148. The van der Waals surface area contributed by atoms with Crippen molar-refractivity contribution in [3.63, 3.8) is 0 Å². The largest absolute Gasteiger partial charge is 0.496 e. The van der Waals surface area contributed by atoms with Crippen LogP contribution in [0.5, 0.6) is 5.75 Å². The van der Waals surface area contributed by atoms with Crippen LogP contribution in [0.3, 0.4) is 0 Å². The SMILES string of the molecule is CCC(CC)NC(=O)COC(=O)CCNC(=O)c1ccccc1OC. The molecule has 0 saturated carbocycles. The molecule has 0 aliphatic carbocycles. The van der Waals surface area contributed by atoms with Gasteiger partial charge in [0.2, 0.25) is 0 Å². The molecule has 0 aliphatic rings. The molecular weight excluding hydrogens is 324 g/mol. The molecule has 1 aromatic rings. The predicted octanol–water partition coefficient (Wildman–Crippen LogP) is 1.66. The maximum absolute atomic E-state index is 12.1. The summed E-state index contributed by atoms with van der Waals surface area (Å²) in [5.41, 5.74) is 0.392. The van der Waals surface area contributed by atoms with Crippen LogP contribution in [0.25, 0.3) is 0 Å². The number of hydrogen-bond acceptors (Lipinski definition) is 5. The monoisotopic (exact) mass is 350 g/mol. The summed E-state index contributed by atoms with van der Waals surface area (Å²) in [6, 6.07) is 6.89. The van der Waals surface area contributed by atoms with E-state index in [1.807, 2.05) is 13.8 Å². The van der Waals surface area contributed by atoms with E-state index in [1.165, 1.54) is 7.11 Å². The number of ether oxygens (including phenoxy) is 2. The zero-order valence-electron chi connectivity index (χ0n) is 15.0. The van der Waals surface area contributed by atoms with E-state index in [1.54, 1.807) is 24.3 Å². The zero-order chi connectivity index (χ0) is 18.7. The summed E-state index contributed by atoms with van der Waals surface area (Å²) in [6.45, 7) is 3.76. The minimum atomic E-state index is -0.542. The van der Waals surface area contributed by atoms with Gasteiger partial charge in [-0.25, -0.2) is 0 Å². The van der Waals surface area contributed by atoms with Gasteiger partial charge in [0.25, 0.3) is 11.8 Å². The molecular formula is C18H26N2O5. The molecule has 0 unspecified atom stereocenters. The number of nitrogens with one attached hydrogen (secondary N) is 2. The van der Waals surface area contributed by atoms with Gasteiger partial charge in [0.1, 0.15) is 5.75 Å². The maximum Gasteiger partial charge on any atom is 0.308 e. The summed E-state index contributed by atoms with van der Waals surface area (Å²) in [5.74, 6) is -0.738. The lowest BCUT2D eigenvalue weighted by Gasteiger charge is -2.14. The highest BCUT2D eigenvalue weighted by Crippen LogP contribution is 2.16. The summed E-state index contributed by atoms with van der Waals surface area (Å²) >= 11 is 0. The highest BCUT2D eigenvalue weighted by molar-refractivity contribution is 5.97. The second-order valence-corrected chi connectivity index (χ2v) is 5.45. The van der Waals surface area contributed by atoms with Gasteiger partial charge >= 0.3 is 5.97 Å². The molecule has 7 heteroatoms. The number of rotatable bonds is 10. The topological polar surface area (TPSA) is 93.7 Å². The van der Waals surface area contributed by atoms with Crippen molar-refractivity contribution in [2.45, 2.75) is 39.2 Å². The standard InChI is InChI=1S/C18H26N2O5/c1-4-13(5-2)20-16(21)12-25-17(22)10-11-19-18(23)14-8-6-7-9-15(14)24-3/h6-9,13H,4-5,10-12H2,1-3H3,(H,19,23)(H,20,21). The fourth-order valence-electron chi connectivity index (χ4n) is 2.19. The minimum Gasteiger partial charge on any atom is -0.496 e. The molecule has 0 atom stereocenters. The molecule has 25 heavy (non-hydrogen) atoms. The van der Waals surface area contributed by atoms with Gasteiger partial charge in [0.05, 0.1) is 19.1 Å². The Morgan fingerprint density at radius 3 is 2.44 bits per heavy atom. The van der Waals surface area contributed by atoms with Crippen molar-refractivity contribution in [1.29, 1.82) is 0 Å². The molecule has 0 bridgehead atoms. The first kappa shape index (κ1) is 20.5. The van der Waals surface area contributed by atoms with E-state index < -0.39 is 5.97 Å². The summed E-state index contributed by atoms with van der Waals surface area (Å²) in [5, 5.41) is 5.40. The molecule has 2 N–H and O–H groups in total. The molecule has 0 saturated heterocycles. The van der Waals surface area contributed by atoms with E-state index in [4.69, 9.17) is 9.47 Å². The van der Waals surface area contributed by atoms with E-state index in [2.05, 4.69) is 10.6 Å². The van der Waals surface area contributed by atoms with Crippen LogP contribution >= 0.6 is 0 Å². The van der Waals surface area contributed by atoms with E-state index in [0.29, 0.717) is 11.3 Å². The van der Waals surface area contributed by atoms with E-state index in [-0.39, 0.29) is 37.4 Å². The van der Waals surface area contributed by atoms with Gasteiger partial charge in [-0.2, -0.15) is 0 Å². The molecule has 0 spiro atoms. The number of amides is 2. The van der Waals surface area contributed by atoms with E-state index in [9.17, 15) is 14.4 Å². The average molecular weight is 350 g/mol. The third-order valence-corrected chi connectivity index (χ3v) is 3.68. The first-order valence-electron chi connectivity index (χ1n) is 8.37. The van der Waals surface area contributed by atoms with Crippen LogP contribution in [0.1, 0.15) is 43.5 Å². The maximum atomic E-state index is 12.1. The lowest BCUT2D eigenvalue weighted by Crippen LogP contribution is -2.37. The fraction of sp³-hybridized carbons (Fsp3) is 0.500. The Kier molecular flexibility index (Phi) is 9.06. The molecule has 0 aromatic heterocycles. The van der Waals surface area contributed by atoms with Crippen molar-refractivity contribution < 1.29 is 23.9 Å². The van der Waals surface area contributed by atoms with Gasteiger partial charge < -0.3 is 20.1 Å². The summed E-state index contributed by atoms with van der Waals surface area (Å²) in [7, 11) is 1.48. The quantitative estimate of drug-likeness (QED) is 0.626. The van der Waals surface area contributed by atoms with Crippen molar-refractivity contribution in [1.82, 2.24) is 10.6 Å². The Morgan fingerprint density at radius 1 is 1.12 bits per heavy atom. The fourth-order valence-corrected chi connectivity index (χ4v) is 2.19.